The van der Waals surface area contributed by atoms with Crippen molar-refractivity contribution in [3.8, 4) is 16.8 Å². The molecule has 0 amide bonds. The van der Waals surface area contributed by atoms with Crippen LogP contribution in [0.5, 0.6) is 0 Å². The Morgan fingerprint density at radius 3 is 1.98 bits per heavy atom. The number of benzene rings is 8. The van der Waals surface area contributed by atoms with Crippen molar-refractivity contribution in [3.05, 3.63) is 181 Å². The molecule has 4 heteroatoms. The molecule has 0 N–H and O–H groups in total. The summed E-state index contributed by atoms with van der Waals surface area (Å²) < 4.78 is 2.69. The first-order chi connectivity index (χ1) is 26.1. The van der Waals surface area contributed by atoms with Crippen LogP contribution in [-0.2, 0) is 5.41 Å². The molecule has 0 saturated carbocycles. The molecular weight excluding hydrogens is 641 g/mol. The molecule has 3 nitrogen and oxygen atoms in total. The molecule has 4 heterocycles. The Morgan fingerprint density at radius 1 is 0.566 bits per heavy atom. The average molecular weight is 676 g/mol. The molecular formula is C49H34BN3. The van der Waals surface area contributed by atoms with Crippen LogP contribution in [0.2, 0.25) is 0 Å². The minimum absolute atomic E-state index is 0.0146. The Hall–Kier alpha value is -6.52. The van der Waals surface area contributed by atoms with Gasteiger partial charge in [-0.05, 0) is 93.0 Å². The summed E-state index contributed by atoms with van der Waals surface area (Å²) in [6, 6.07) is 63.0. The van der Waals surface area contributed by atoms with Gasteiger partial charge in [0, 0.05) is 50.2 Å². The first kappa shape index (κ1) is 29.1. The number of fused-ring (bicyclic) bond motifs is 6. The third-order valence-corrected chi connectivity index (χ3v) is 12.2. The summed E-state index contributed by atoms with van der Waals surface area (Å²) in [5.41, 5.74) is 17.7. The highest BCUT2D eigenvalue weighted by Gasteiger charge is 2.49. The lowest BCUT2D eigenvalue weighted by Crippen LogP contribution is -2.61. The van der Waals surface area contributed by atoms with E-state index < -0.39 is 0 Å². The summed E-state index contributed by atoms with van der Waals surface area (Å²) in [6.07, 6.45) is 0. The van der Waals surface area contributed by atoms with Gasteiger partial charge in [-0.2, -0.15) is 0 Å². The van der Waals surface area contributed by atoms with Crippen LogP contribution >= 0.6 is 0 Å². The van der Waals surface area contributed by atoms with E-state index in [1.807, 2.05) is 0 Å². The zero-order valence-electron chi connectivity index (χ0n) is 29.6. The molecule has 0 atom stereocenters. The molecule has 9 aromatic rings. The van der Waals surface area contributed by atoms with Gasteiger partial charge in [0.1, 0.15) is 0 Å². The van der Waals surface area contributed by atoms with Gasteiger partial charge in [-0.3, -0.25) is 0 Å². The summed E-state index contributed by atoms with van der Waals surface area (Å²) in [6.45, 7) is 4.87. The second-order valence-corrected chi connectivity index (χ2v) is 15.3. The van der Waals surface area contributed by atoms with Gasteiger partial charge in [0.15, 0.2) is 0 Å². The van der Waals surface area contributed by atoms with Crippen LogP contribution in [0.15, 0.2) is 170 Å². The number of nitrogens with zero attached hydrogens (tertiary/aromatic N) is 3. The molecule has 0 fully saturated rings. The van der Waals surface area contributed by atoms with Crippen LogP contribution in [0.25, 0.3) is 49.4 Å². The zero-order valence-corrected chi connectivity index (χ0v) is 29.6. The van der Waals surface area contributed by atoms with Crippen LogP contribution in [-0.4, -0.2) is 11.4 Å². The van der Waals surface area contributed by atoms with Crippen LogP contribution in [0, 0.1) is 0 Å². The lowest BCUT2D eigenvalue weighted by molar-refractivity contribution is 0.637. The Balaban J connectivity index is 1.36. The quantitative estimate of drug-likeness (QED) is 0.172. The van der Waals surface area contributed by atoms with Crippen LogP contribution in [0.3, 0.4) is 0 Å². The van der Waals surface area contributed by atoms with Crippen molar-refractivity contribution in [1.29, 1.82) is 0 Å². The number of anilines is 5. The first-order valence-corrected chi connectivity index (χ1v) is 18.7. The van der Waals surface area contributed by atoms with E-state index in [9.17, 15) is 0 Å². The first-order valence-electron chi connectivity index (χ1n) is 18.7. The second-order valence-electron chi connectivity index (χ2n) is 15.3. The molecule has 3 aliphatic heterocycles. The Morgan fingerprint density at radius 2 is 1.23 bits per heavy atom. The lowest BCUT2D eigenvalue weighted by atomic mass is 9.43. The number of aromatic nitrogens is 1. The van der Waals surface area contributed by atoms with Crippen molar-refractivity contribution >= 4 is 78.8 Å². The molecule has 3 aliphatic rings. The van der Waals surface area contributed by atoms with Crippen molar-refractivity contribution in [2.24, 2.45) is 0 Å². The van der Waals surface area contributed by atoms with Crippen molar-refractivity contribution in [2.75, 3.05) is 9.71 Å². The molecule has 0 aliphatic carbocycles. The summed E-state index contributed by atoms with van der Waals surface area (Å²) >= 11 is 0. The van der Waals surface area contributed by atoms with Gasteiger partial charge in [-0.1, -0.05) is 129 Å². The van der Waals surface area contributed by atoms with Crippen molar-refractivity contribution in [3.63, 3.8) is 0 Å². The van der Waals surface area contributed by atoms with Gasteiger partial charge in [0.05, 0.1) is 16.7 Å². The minimum Gasteiger partial charge on any atom is -0.376 e. The molecule has 12 rings (SSSR count). The van der Waals surface area contributed by atoms with Crippen LogP contribution in [0.1, 0.15) is 25.0 Å². The topological polar surface area (TPSA) is 11.4 Å². The predicted molar refractivity (Wildman–Crippen MR) is 224 cm³/mol. The highest BCUT2D eigenvalue weighted by Crippen LogP contribution is 2.55. The predicted octanol–water partition coefficient (Wildman–Crippen LogP) is 11.3. The third kappa shape index (κ3) is 3.65. The largest absolute Gasteiger partial charge is 0.376 e. The molecule has 0 radical (unpaired) electrons. The maximum Gasteiger partial charge on any atom is 0.333 e. The molecule has 0 bridgehead atoms. The van der Waals surface area contributed by atoms with E-state index in [1.165, 1.54) is 88.5 Å². The van der Waals surface area contributed by atoms with Crippen molar-refractivity contribution in [2.45, 2.75) is 19.3 Å². The van der Waals surface area contributed by atoms with Crippen LogP contribution < -0.4 is 20.6 Å². The standard InChI is InChI=1S/C49H34BN3/c1-49(2)39-26-16-27-40-47(39)52-46-38(29-31-17-12-13-24-35(31)44(46)49)43-42(51(32-18-6-3-7-19-32)33-20-8-4-9-21-33)30-37-36-25-14-15-28-41(36)53(34-22-10-5-11-23-34)50(40)45(37)48(43)52/h3-30H,1-2H3. The van der Waals surface area contributed by atoms with Gasteiger partial charge in [-0.25, -0.2) is 0 Å². The molecule has 248 valence electrons. The Kier molecular flexibility index (Phi) is 5.66. The van der Waals surface area contributed by atoms with Crippen molar-refractivity contribution < 1.29 is 0 Å². The molecule has 0 spiro atoms. The van der Waals surface area contributed by atoms with Gasteiger partial charge in [0.2, 0.25) is 0 Å². The van der Waals surface area contributed by atoms with E-state index in [0.717, 1.165) is 11.4 Å². The SMILES string of the molecule is CC1(C)c2cccc3c2-n2c4c1c1ccccc1cc4c1c(N(c4ccccc4)c4ccccc4)cc4c(c12)B3N(c1ccccc1)c1ccccc1-4. The molecule has 1 aromatic heterocycles. The Labute approximate surface area is 309 Å². The summed E-state index contributed by atoms with van der Waals surface area (Å²) in [4.78, 5) is 5.10. The zero-order chi connectivity index (χ0) is 35.0. The summed E-state index contributed by atoms with van der Waals surface area (Å²) in [7, 11) is 0. The van der Waals surface area contributed by atoms with Crippen LogP contribution in [0.4, 0.5) is 28.4 Å². The van der Waals surface area contributed by atoms with Gasteiger partial charge in [-0.15, -0.1) is 0 Å². The third-order valence-electron chi connectivity index (χ3n) is 12.2. The monoisotopic (exact) mass is 675 g/mol. The smallest absolute Gasteiger partial charge is 0.333 e. The molecule has 53 heavy (non-hydrogen) atoms. The normalized spacial score (nSPS) is 14.3. The van der Waals surface area contributed by atoms with E-state index in [4.69, 9.17) is 0 Å². The maximum atomic E-state index is 2.69. The van der Waals surface area contributed by atoms with E-state index in [1.54, 1.807) is 0 Å². The van der Waals surface area contributed by atoms with Gasteiger partial charge >= 0.3 is 6.85 Å². The van der Waals surface area contributed by atoms with E-state index in [2.05, 4.69) is 198 Å². The fourth-order valence-electron chi connectivity index (χ4n) is 10.2. The fourth-order valence-corrected chi connectivity index (χ4v) is 10.2. The molecule has 0 unspecified atom stereocenters. The summed E-state index contributed by atoms with van der Waals surface area (Å²) in [5.74, 6) is 0. The van der Waals surface area contributed by atoms with E-state index >= 15 is 0 Å². The average Bonchev–Trinajstić information content (AvgIpc) is 3.55. The maximum absolute atomic E-state index is 2.69. The second kappa shape index (κ2) is 10.3. The van der Waals surface area contributed by atoms with Crippen molar-refractivity contribution in [1.82, 2.24) is 4.57 Å². The highest BCUT2D eigenvalue weighted by atomic mass is 15.2. The lowest BCUT2D eigenvalue weighted by Gasteiger charge is -2.45. The Bertz CT molecular complexity index is 2940. The minimum atomic E-state index is -0.238. The highest BCUT2D eigenvalue weighted by molar-refractivity contribution is 6.94. The fraction of sp³-hybridized carbons (Fsp3) is 0.0612. The van der Waals surface area contributed by atoms with Gasteiger partial charge in [0.25, 0.3) is 0 Å². The number of rotatable bonds is 4. The van der Waals surface area contributed by atoms with E-state index in [0.29, 0.717) is 0 Å². The molecule has 0 saturated heterocycles. The number of hydrogen-bond acceptors (Lipinski definition) is 2. The molecule has 8 aromatic carbocycles. The summed E-state index contributed by atoms with van der Waals surface area (Å²) in [5, 5.41) is 5.22. The number of para-hydroxylation sites is 5. The van der Waals surface area contributed by atoms with Gasteiger partial charge < -0.3 is 14.3 Å². The number of hydrogen-bond donors (Lipinski definition) is 0. The van der Waals surface area contributed by atoms with E-state index in [-0.39, 0.29) is 12.3 Å².